The van der Waals surface area contributed by atoms with E-state index in [2.05, 4.69) is 30.8 Å². The number of carbonyl (C=O) groups is 1. The molecule has 0 aliphatic carbocycles. The first-order valence-corrected chi connectivity index (χ1v) is 8.10. The molecule has 0 unspecified atom stereocenters. The van der Waals surface area contributed by atoms with Gasteiger partial charge in [0.2, 0.25) is 0 Å². The maximum atomic E-state index is 11.9. The van der Waals surface area contributed by atoms with Crippen molar-refractivity contribution in [3.05, 3.63) is 23.8 Å². The van der Waals surface area contributed by atoms with E-state index < -0.39 is 11.8 Å². The zero-order valence-electron chi connectivity index (χ0n) is 14.8. The average Bonchev–Trinajstić information content (AvgIpc) is 2.83. The Morgan fingerprint density at radius 3 is 2.65 bits per heavy atom. The van der Waals surface area contributed by atoms with Crippen LogP contribution in [0.5, 0.6) is 5.75 Å². The van der Waals surface area contributed by atoms with Crippen LogP contribution in [-0.2, 0) is 10.2 Å². The van der Waals surface area contributed by atoms with Gasteiger partial charge < -0.3 is 14.4 Å². The molecule has 0 radical (unpaired) electrons. The molecule has 126 valence electrons. The number of rotatable bonds is 1. The number of hydrogen-bond acceptors (Lipinski definition) is 5. The summed E-state index contributed by atoms with van der Waals surface area (Å²) in [7, 11) is 4.29. The maximum absolute atomic E-state index is 11.9. The van der Waals surface area contributed by atoms with Gasteiger partial charge in [-0.3, -0.25) is 4.90 Å². The van der Waals surface area contributed by atoms with Crippen LogP contribution in [0.2, 0.25) is 0 Å². The number of fused-ring (bicyclic) bond motifs is 3. The van der Waals surface area contributed by atoms with E-state index in [0.29, 0.717) is 11.9 Å². The lowest BCUT2D eigenvalue weighted by atomic mass is 9.81. The van der Waals surface area contributed by atoms with Crippen molar-refractivity contribution in [2.24, 2.45) is 0 Å². The second-order valence-electron chi connectivity index (χ2n) is 7.88. The highest BCUT2D eigenvalue weighted by atomic mass is 16.7. The molecule has 0 amide bonds. The molecular formula is C18H26N2O3. The molecule has 0 spiro atoms. The Labute approximate surface area is 138 Å². The molecule has 1 saturated heterocycles. The Bertz CT molecular complexity index is 638. The first-order chi connectivity index (χ1) is 10.6. The van der Waals surface area contributed by atoms with E-state index in [0.717, 1.165) is 13.0 Å². The quantitative estimate of drug-likeness (QED) is 0.586. The highest BCUT2D eigenvalue weighted by molar-refractivity contribution is 5.69. The molecule has 23 heavy (non-hydrogen) atoms. The van der Waals surface area contributed by atoms with Gasteiger partial charge in [-0.15, -0.1) is 0 Å². The molecule has 2 aliphatic heterocycles. The third-order valence-electron chi connectivity index (χ3n) is 4.89. The number of likely N-dealkylation sites (tertiary alicyclic amines) is 1. The van der Waals surface area contributed by atoms with Gasteiger partial charge in [0.15, 0.2) is 0 Å². The van der Waals surface area contributed by atoms with Gasteiger partial charge in [0.25, 0.3) is 0 Å². The molecule has 0 N–H and O–H groups in total. The number of carbonyl (C=O) groups excluding carboxylic acids is 1. The van der Waals surface area contributed by atoms with Crippen molar-refractivity contribution in [3.8, 4) is 5.75 Å². The molecule has 2 aliphatic rings. The summed E-state index contributed by atoms with van der Waals surface area (Å²) in [5.74, 6) is 0.544. The number of benzene rings is 1. The van der Waals surface area contributed by atoms with Gasteiger partial charge in [-0.25, -0.2) is 4.79 Å². The molecule has 1 aromatic rings. The SMILES string of the molecule is CN1CC[C@@]2(C)c3cc(OC(=O)OC(C)(C)C)ccc3N(C)[C@H]12. The molecule has 0 saturated carbocycles. The molecule has 1 aromatic carbocycles. The Hall–Kier alpha value is -1.75. The van der Waals surface area contributed by atoms with Gasteiger partial charge in [-0.1, -0.05) is 6.92 Å². The van der Waals surface area contributed by atoms with Crippen LogP contribution in [-0.4, -0.2) is 43.5 Å². The Morgan fingerprint density at radius 2 is 2.00 bits per heavy atom. The molecule has 1 fully saturated rings. The first kappa shape index (κ1) is 16.1. The smallest absolute Gasteiger partial charge is 0.428 e. The van der Waals surface area contributed by atoms with E-state index >= 15 is 0 Å². The van der Waals surface area contributed by atoms with Gasteiger partial charge in [0, 0.05) is 24.7 Å². The minimum Gasteiger partial charge on any atom is -0.428 e. The van der Waals surface area contributed by atoms with Crippen LogP contribution in [0.4, 0.5) is 10.5 Å². The lowest BCUT2D eigenvalue weighted by Gasteiger charge is -2.32. The van der Waals surface area contributed by atoms with Crippen molar-refractivity contribution in [2.75, 3.05) is 25.5 Å². The summed E-state index contributed by atoms with van der Waals surface area (Å²) in [5, 5.41) is 0. The van der Waals surface area contributed by atoms with Gasteiger partial charge in [-0.05, 0) is 58.0 Å². The number of likely N-dealkylation sites (N-methyl/N-ethyl adjacent to an activating group) is 2. The summed E-state index contributed by atoms with van der Waals surface area (Å²) >= 11 is 0. The number of hydrogen-bond donors (Lipinski definition) is 0. The third kappa shape index (κ3) is 2.67. The maximum Gasteiger partial charge on any atom is 0.514 e. The minimum atomic E-state index is -0.658. The van der Waals surface area contributed by atoms with E-state index in [9.17, 15) is 4.79 Å². The summed E-state index contributed by atoms with van der Waals surface area (Å²) in [6.45, 7) is 8.84. The molecule has 5 nitrogen and oxygen atoms in total. The summed E-state index contributed by atoms with van der Waals surface area (Å²) in [5.41, 5.74) is 1.96. The molecule has 2 heterocycles. The van der Waals surface area contributed by atoms with E-state index in [1.54, 1.807) is 0 Å². The Balaban J connectivity index is 1.87. The average molecular weight is 318 g/mol. The predicted molar refractivity (Wildman–Crippen MR) is 90.1 cm³/mol. The van der Waals surface area contributed by atoms with E-state index in [1.165, 1.54) is 11.3 Å². The molecule has 0 bridgehead atoms. The van der Waals surface area contributed by atoms with Crippen LogP contribution in [0.1, 0.15) is 39.7 Å². The fourth-order valence-corrected chi connectivity index (χ4v) is 3.99. The van der Waals surface area contributed by atoms with Crippen molar-refractivity contribution in [2.45, 2.75) is 51.3 Å². The molecule has 0 aromatic heterocycles. The number of nitrogens with zero attached hydrogens (tertiary/aromatic N) is 2. The summed E-state index contributed by atoms with van der Waals surface area (Å²) < 4.78 is 10.6. The third-order valence-corrected chi connectivity index (χ3v) is 4.89. The normalized spacial score (nSPS) is 26.9. The zero-order chi connectivity index (χ0) is 17.0. The van der Waals surface area contributed by atoms with E-state index in [4.69, 9.17) is 9.47 Å². The first-order valence-electron chi connectivity index (χ1n) is 8.10. The molecular weight excluding hydrogens is 292 g/mol. The molecule has 3 rings (SSSR count). The van der Waals surface area contributed by atoms with Gasteiger partial charge in [0.1, 0.15) is 11.4 Å². The topological polar surface area (TPSA) is 42.0 Å². The monoisotopic (exact) mass is 318 g/mol. The van der Waals surface area contributed by atoms with E-state index in [-0.39, 0.29) is 5.41 Å². The standard InChI is InChI=1S/C18H26N2O3/c1-17(2,3)23-16(21)22-12-7-8-14-13(11-12)18(4)9-10-19(5)15(18)20(14)6/h7-8,11,15H,9-10H2,1-6H3/t15-,18-/m0/s1. The summed E-state index contributed by atoms with van der Waals surface area (Å²) in [4.78, 5) is 16.6. The summed E-state index contributed by atoms with van der Waals surface area (Å²) in [6.07, 6.45) is 0.796. The number of ether oxygens (including phenoxy) is 2. The lowest BCUT2D eigenvalue weighted by Crippen LogP contribution is -2.45. The van der Waals surface area contributed by atoms with Gasteiger partial charge in [-0.2, -0.15) is 0 Å². The van der Waals surface area contributed by atoms with Crippen molar-refractivity contribution in [1.82, 2.24) is 4.90 Å². The van der Waals surface area contributed by atoms with Crippen LogP contribution in [0.3, 0.4) is 0 Å². The second-order valence-corrected chi connectivity index (χ2v) is 7.88. The fraction of sp³-hybridized carbons (Fsp3) is 0.611. The Kier molecular flexibility index (Phi) is 3.59. The number of anilines is 1. The van der Waals surface area contributed by atoms with Crippen molar-refractivity contribution in [3.63, 3.8) is 0 Å². The van der Waals surface area contributed by atoms with Crippen LogP contribution < -0.4 is 9.64 Å². The van der Waals surface area contributed by atoms with Crippen LogP contribution >= 0.6 is 0 Å². The van der Waals surface area contributed by atoms with Crippen LogP contribution in [0.25, 0.3) is 0 Å². The van der Waals surface area contributed by atoms with E-state index in [1.807, 2.05) is 39.0 Å². The van der Waals surface area contributed by atoms with Crippen molar-refractivity contribution < 1.29 is 14.3 Å². The second kappa shape index (κ2) is 5.13. The van der Waals surface area contributed by atoms with Crippen LogP contribution in [0, 0.1) is 0 Å². The highest BCUT2D eigenvalue weighted by Gasteiger charge is 2.52. The lowest BCUT2D eigenvalue weighted by molar-refractivity contribution is 0.0206. The zero-order valence-corrected chi connectivity index (χ0v) is 14.8. The molecule has 5 heteroatoms. The summed E-state index contributed by atoms with van der Waals surface area (Å²) in [6, 6.07) is 5.87. The fourth-order valence-electron chi connectivity index (χ4n) is 3.99. The van der Waals surface area contributed by atoms with Gasteiger partial charge >= 0.3 is 6.16 Å². The van der Waals surface area contributed by atoms with Crippen molar-refractivity contribution in [1.29, 1.82) is 0 Å². The predicted octanol–water partition coefficient (Wildman–Crippen LogP) is 3.37. The largest absolute Gasteiger partial charge is 0.514 e. The molecule has 2 atom stereocenters. The Morgan fingerprint density at radius 1 is 1.30 bits per heavy atom. The van der Waals surface area contributed by atoms with Crippen molar-refractivity contribution >= 4 is 11.8 Å². The van der Waals surface area contributed by atoms with Crippen LogP contribution in [0.15, 0.2) is 18.2 Å². The minimum absolute atomic E-state index is 0.0616. The highest BCUT2D eigenvalue weighted by Crippen LogP contribution is 2.51. The van der Waals surface area contributed by atoms with Gasteiger partial charge in [0.05, 0.1) is 6.17 Å².